The van der Waals surface area contributed by atoms with E-state index in [1.807, 2.05) is 0 Å². The highest BCUT2D eigenvalue weighted by atomic mass is 16.5. The van der Waals surface area contributed by atoms with Crippen LogP contribution < -0.4 is 10.6 Å². The third-order valence-corrected chi connectivity index (χ3v) is 5.93. The van der Waals surface area contributed by atoms with Crippen LogP contribution in [0.1, 0.15) is 64.5 Å². The number of aliphatic imine (C=N–C) groups is 1. The number of ether oxygens (including phenoxy) is 1. The highest BCUT2D eigenvalue weighted by molar-refractivity contribution is 5.79. The Morgan fingerprint density at radius 2 is 1.79 bits per heavy atom. The molecule has 2 rings (SSSR count). The van der Waals surface area contributed by atoms with Crippen molar-refractivity contribution in [3.05, 3.63) is 17.0 Å². The van der Waals surface area contributed by atoms with Gasteiger partial charge in [-0.1, -0.05) is 45.7 Å². The lowest BCUT2D eigenvalue weighted by Gasteiger charge is -2.39. The van der Waals surface area contributed by atoms with Crippen LogP contribution in [0.4, 0.5) is 0 Å². The van der Waals surface area contributed by atoms with Gasteiger partial charge in [-0.2, -0.15) is 0 Å². The second-order valence-electron chi connectivity index (χ2n) is 7.61. The van der Waals surface area contributed by atoms with Crippen LogP contribution in [0.25, 0.3) is 0 Å². The number of morpholine rings is 1. The Balaban J connectivity index is 2.08. The lowest BCUT2D eigenvalue weighted by atomic mass is 9.92. The standard InChI is InChI=1S/C22H41N5O2/c1-6-17(7-2)20(27-11-13-28-14-12-27)16-25-22(23-10-5)24-15-18-19(8-3)26-29-21(18)9-4/h17,20H,6-16H2,1-5H3,(H2,23,24,25). The molecular formula is C22H41N5O2. The van der Waals surface area contributed by atoms with E-state index < -0.39 is 0 Å². The lowest BCUT2D eigenvalue weighted by molar-refractivity contribution is 0.00272. The Bertz CT molecular complexity index is 585. The normalized spacial score (nSPS) is 17.0. The van der Waals surface area contributed by atoms with Crippen molar-refractivity contribution in [1.29, 1.82) is 0 Å². The molecule has 1 aliphatic heterocycles. The van der Waals surface area contributed by atoms with Gasteiger partial charge in [0.2, 0.25) is 0 Å². The van der Waals surface area contributed by atoms with Crippen molar-refractivity contribution >= 4 is 5.96 Å². The Morgan fingerprint density at radius 3 is 2.38 bits per heavy atom. The molecule has 2 heterocycles. The Morgan fingerprint density at radius 1 is 1.07 bits per heavy atom. The molecule has 1 atom stereocenters. The highest BCUT2D eigenvalue weighted by Gasteiger charge is 2.27. The first-order chi connectivity index (χ1) is 14.2. The molecule has 0 amide bonds. The van der Waals surface area contributed by atoms with Gasteiger partial charge in [0, 0.05) is 44.2 Å². The van der Waals surface area contributed by atoms with Crippen LogP contribution in [-0.4, -0.2) is 61.5 Å². The van der Waals surface area contributed by atoms with Crippen molar-refractivity contribution in [3.8, 4) is 0 Å². The van der Waals surface area contributed by atoms with Crippen molar-refractivity contribution in [1.82, 2.24) is 20.7 Å². The number of rotatable bonds is 11. The first-order valence-electron chi connectivity index (χ1n) is 11.5. The largest absolute Gasteiger partial charge is 0.379 e. The SMILES string of the molecule is CCNC(=NCc1c(CC)noc1CC)NCC(C(CC)CC)N1CCOCC1. The summed E-state index contributed by atoms with van der Waals surface area (Å²) in [4.78, 5) is 7.44. The van der Waals surface area contributed by atoms with Crippen molar-refractivity contribution < 1.29 is 9.26 Å². The fraction of sp³-hybridized carbons (Fsp3) is 0.818. The molecule has 1 aliphatic rings. The number of guanidine groups is 1. The Kier molecular flexibility index (Phi) is 10.5. The summed E-state index contributed by atoms with van der Waals surface area (Å²) in [6, 6.07) is 0.491. The molecule has 1 aromatic rings. The lowest BCUT2D eigenvalue weighted by Crippen LogP contribution is -2.53. The van der Waals surface area contributed by atoms with Crippen molar-refractivity contribution in [3.63, 3.8) is 0 Å². The summed E-state index contributed by atoms with van der Waals surface area (Å²) < 4.78 is 11.1. The number of nitrogens with zero attached hydrogens (tertiary/aromatic N) is 3. The molecule has 1 aromatic heterocycles. The van der Waals surface area contributed by atoms with Gasteiger partial charge in [-0.15, -0.1) is 0 Å². The minimum atomic E-state index is 0.491. The van der Waals surface area contributed by atoms with E-state index in [1.165, 1.54) is 12.8 Å². The van der Waals surface area contributed by atoms with E-state index in [0.717, 1.165) is 75.2 Å². The smallest absolute Gasteiger partial charge is 0.191 e. The molecule has 29 heavy (non-hydrogen) atoms. The van der Waals surface area contributed by atoms with Crippen molar-refractivity contribution in [2.24, 2.45) is 10.9 Å². The molecular weight excluding hydrogens is 366 g/mol. The zero-order valence-corrected chi connectivity index (χ0v) is 19.1. The molecule has 0 radical (unpaired) electrons. The van der Waals surface area contributed by atoms with Crippen LogP contribution in [0.15, 0.2) is 9.52 Å². The monoisotopic (exact) mass is 407 g/mol. The third-order valence-electron chi connectivity index (χ3n) is 5.93. The van der Waals surface area contributed by atoms with E-state index in [0.29, 0.717) is 18.5 Å². The zero-order valence-electron chi connectivity index (χ0n) is 19.1. The van der Waals surface area contributed by atoms with Gasteiger partial charge in [0.05, 0.1) is 25.5 Å². The summed E-state index contributed by atoms with van der Waals surface area (Å²) in [7, 11) is 0. The molecule has 1 fully saturated rings. The van der Waals surface area contributed by atoms with E-state index in [4.69, 9.17) is 14.3 Å². The highest BCUT2D eigenvalue weighted by Crippen LogP contribution is 2.20. The second-order valence-corrected chi connectivity index (χ2v) is 7.61. The summed E-state index contributed by atoms with van der Waals surface area (Å²) in [6.45, 7) is 16.9. The van der Waals surface area contributed by atoms with Gasteiger partial charge in [0.15, 0.2) is 5.96 Å². The molecule has 0 aromatic carbocycles. The molecule has 1 saturated heterocycles. The van der Waals surface area contributed by atoms with Gasteiger partial charge in [-0.3, -0.25) is 4.90 Å². The van der Waals surface area contributed by atoms with Crippen molar-refractivity contribution in [2.45, 2.75) is 72.9 Å². The Labute approximate surface area is 176 Å². The molecule has 1 unspecified atom stereocenters. The minimum Gasteiger partial charge on any atom is -0.379 e. The van der Waals surface area contributed by atoms with Gasteiger partial charge >= 0.3 is 0 Å². The first kappa shape index (κ1) is 23.7. The zero-order chi connectivity index (χ0) is 21.1. The van der Waals surface area contributed by atoms with E-state index in [2.05, 4.69) is 55.3 Å². The molecule has 0 bridgehead atoms. The maximum atomic E-state index is 5.57. The maximum absolute atomic E-state index is 5.57. The number of aryl methyl sites for hydroxylation is 2. The average molecular weight is 408 g/mol. The van der Waals surface area contributed by atoms with E-state index in [-0.39, 0.29) is 0 Å². The second kappa shape index (κ2) is 12.9. The fourth-order valence-corrected chi connectivity index (χ4v) is 4.15. The molecule has 0 saturated carbocycles. The number of aromatic nitrogens is 1. The first-order valence-corrected chi connectivity index (χ1v) is 11.5. The summed E-state index contributed by atoms with van der Waals surface area (Å²) in [5.74, 6) is 2.48. The predicted octanol–water partition coefficient (Wildman–Crippen LogP) is 2.99. The molecule has 7 heteroatoms. The van der Waals surface area contributed by atoms with Gasteiger partial charge in [-0.25, -0.2) is 4.99 Å². The summed E-state index contributed by atoms with van der Waals surface area (Å²) in [5, 5.41) is 11.2. The summed E-state index contributed by atoms with van der Waals surface area (Å²) in [6.07, 6.45) is 4.09. The molecule has 2 N–H and O–H groups in total. The van der Waals surface area contributed by atoms with Gasteiger partial charge in [0.25, 0.3) is 0 Å². The van der Waals surface area contributed by atoms with Crippen LogP contribution in [0, 0.1) is 5.92 Å². The van der Waals surface area contributed by atoms with E-state index >= 15 is 0 Å². The number of hydrogen-bond acceptors (Lipinski definition) is 5. The quantitative estimate of drug-likeness (QED) is 0.434. The predicted molar refractivity (Wildman–Crippen MR) is 118 cm³/mol. The molecule has 166 valence electrons. The molecule has 7 nitrogen and oxygen atoms in total. The maximum Gasteiger partial charge on any atom is 0.191 e. The van der Waals surface area contributed by atoms with Crippen LogP contribution in [0.2, 0.25) is 0 Å². The van der Waals surface area contributed by atoms with Gasteiger partial charge in [0.1, 0.15) is 5.76 Å². The van der Waals surface area contributed by atoms with E-state index in [9.17, 15) is 0 Å². The van der Waals surface area contributed by atoms with E-state index in [1.54, 1.807) is 0 Å². The summed E-state index contributed by atoms with van der Waals surface area (Å²) in [5.41, 5.74) is 2.15. The number of nitrogens with one attached hydrogen (secondary N) is 2. The Hall–Kier alpha value is -1.60. The van der Waals surface area contributed by atoms with Crippen molar-refractivity contribution in [2.75, 3.05) is 39.4 Å². The minimum absolute atomic E-state index is 0.491. The topological polar surface area (TPSA) is 74.9 Å². The van der Waals surface area contributed by atoms with Crippen LogP contribution in [0.5, 0.6) is 0 Å². The van der Waals surface area contributed by atoms with Crippen LogP contribution in [0.3, 0.4) is 0 Å². The number of hydrogen-bond donors (Lipinski definition) is 2. The van der Waals surface area contributed by atoms with Crippen LogP contribution in [-0.2, 0) is 24.1 Å². The molecule has 0 spiro atoms. The van der Waals surface area contributed by atoms with Gasteiger partial charge < -0.3 is 19.9 Å². The van der Waals surface area contributed by atoms with Gasteiger partial charge in [-0.05, 0) is 19.3 Å². The summed E-state index contributed by atoms with van der Waals surface area (Å²) >= 11 is 0. The van der Waals surface area contributed by atoms with Crippen LogP contribution >= 0.6 is 0 Å². The third kappa shape index (κ3) is 6.71. The fourth-order valence-electron chi connectivity index (χ4n) is 4.15. The molecule has 0 aliphatic carbocycles. The average Bonchev–Trinajstić information content (AvgIpc) is 3.17.